The Labute approximate surface area is 101 Å². The molecule has 2 rings (SSSR count). The first-order chi connectivity index (χ1) is 7.02. The van der Waals surface area contributed by atoms with Crippen LogP contribution in [-0.4, -0.2) is 10.8 Å². The molecule has 0 aliphatic rings. The molecule has 4 heteroatoms. The van der Waals surface area contributed by atoms with Crippen LogP contribution < -0.4 is 0 Å². The molecular weight excluding hydrogens is 277 g/mol. The maximum absolute atomic E-state index is 11.4. The van der Waals surface area contributed by atoms with Crippen LogP contribution in [0.3, 0.4) is 0 Å². The molecule has 78 valence electrons. The van der Waals surface area contributed by atoms with Crippen molar-refractivity contribution in [2.75, 3.05) is 0 Å². The Morgan fingerprint density at radius 1 is 1.47 bits per heavy atom. The number of hydrogen-bond acceptors (Lipinski definition) is 1. The fourth-order valence-electron chi connectivity index (χ4n) is 1.74. The number of aromatic nitrogens is 1. The van der Waals surface area contributed by atoms with Gasteiger partial charge in [-0.2, -0.15) is 0 Å². The van der Waals surface area contributed by atoms with Gasteiger partial charge in [0, 0.05) is 16.8 Å². The van der Waals surface area contributed by atoms with E-state index < -0.39 is 0 Å². The van der Waals surface area contributed by atoms with Crippen LogP contribution in [0.25, 0.3) is 10.9 Å². The Morgan fingerprint density at radius 2 is 2.13 bits per heavy atom. The van der Waals surface area contributed by atoms with Crippen molar-refractivity contribution in [1.82, 2.24) is 4.98 Å². The number of benzene rings is 1. The number of halogens is 2. The zero-order valence-corrected chi connectivity index (χ0v) is 10.7. The van der Waals surface area contributed by atoms with Gasteiger partial charge in [0.15, 0.2) is 5.78 Å². The molecule has 0 bridgehead atoms. The molecule has 2 aromatic rings. The molecule has 0 spiro atoms. The largest absolute Gasteiger partial charge is 0.351 e. The van der Waals surface area contributed by atoms with Gasteiger partial charge in [0.2, 0.25) is 0 Å². The summed E-state index contributed by atoms with van der Waals surface area (Å²) >= 11 is 9.53. The molecule has 1 heterocycles. The molecule has 0 aliphatic carbocycles. The lowest BCUT2D eigenvalue weighted by Gasteiger charge is -1.97. The smallest absolute Gasteiger partial charge is 0.176 e. The van der Waals surface area contributed by atoms with Crippen molar-refractivity contribution in [2.45, 2.75) is 13.8 Å². The van der Waals surface area contributed by atoms with Crippen LogP contribution in [0.2, 0.25) is 5.02 Å². The summed E-state index contributed by atoms with van der Waals surface area (Å²) in [5.41, 5.74) is 2.41. The summed E-state index contributed by atoms with van der Waals surface area (Å²) in [5, 5.41) is 1.57. The third-order valence-corrected chi connectivity index (χ3v) is 3.43. The van der Waals surface area contributed by atoms with Gasteiger partial charge in [0.1, 0.15) is 0 Å². The van der Waals surface area contributed by atoms with E-state index in [0.717, 1.165) is 20.9 Å². The van der Waals surface area contributed by atoms with Gasteiger partial charge < -0.3 is 4.98 Å². The number of hydrogen-bond donors (Lipinski definition) is 1. The second-order valence-corrected chi connectivity index (χ2v) is 4.72. The molecule has 0 saturated carbocycles. The predicted molar refractivity (Wildman–Crippen MR) is 65.8 cm³/mol. The van der Waals surface area contributed by atoms with Crippen LogP contribution >= 0.6 is 27.5 Å². The van der Waals surface area contributed by atoms with Gasteiger partial charge >= 0.3 is 0 Å². The van der Waals surface area contributed by atoms with E-state index in [1.54, 1.807) is 6.92 Å². The molecule has 0 atom stereocenters. The molecule has 0 fully saturated rings. The number of ketones is 1. The van der Waals surface area contributed by atoms with Gasteiger partial charge in [-0.05, 0) is 40.5 Å². The van der Waals surface area contributed by atoms with Gasteiger partial charge in [-0.25, -0.2) is 0 Å². The number of Topliss-reactive ketones (excluding diaryl/α,β-unsaturated/α-hetero) is 1. The highest BCUT2D eigenvalue weighted by Crippen LogP contribution is 2.33. The molecular formula is C11H9BrClNO. The van der Waals surface area contributed by atoms with Gasteiger partial charge in [0.05, 0.1) is 16.2 Å². The number of aryl methyl sites for hydroxylation is 1. The third-order valence-electron chi connectivity index (χ3n) is 2.46. The van der Waals surface area contributed by atoms with E-state index in [1.807, 2.05) is 19.1 Å². The van der Waals surface area contributed by atoms with Crippen LogP contribution in [0, 0.1) is 6.92 Å². The lowest BCUT2D eigenvalue weighted by atomic mass is 10.1. The van der Waals surface area contributed by atoms with Gasteiger partial charge in [-0.15, -0.1) is 0 Å². The van der Waals surface area contributed by atoms with Crippen LogP contribution in [0.1, 0.15) is 23.0 Å². The molecule has 15 heavy (non-hydrogen) atoms. The number of H-pyrrole nitrogens is 1. The van der Waals surface area contributed by atoms with Gasteiger partial charge in [0.25, 0.3) is 0 Å². The SMILES string of the molecule is CC(=O)c1[nH]c2c(Br)ccc(Cl)c2c1C. The summed E-state index contributed by atoms with van der Waals surface area (Å²) < 4.78 is 0.914. The van der Waals surface area contributed by atoms with Gasteiger partial charge in [-0.1, -0.05) is 11.6 Å². The average molecular weight is 287 g/mol. The van der Waals surface area contributed by atoms with Crippen molar-refractivity contribution in [3.63, 3.8) is 0 Å². The van der Waals surface area contributed by atoms with Crippen LogP contribution in [0.5, 0.6) is 0 Å². The molecule has 0 aliphatic heterocycles. The third kappa shape index (κ3) is 1.60. The van der Waals surface area contributed by atoms with Crippen molar-refractivity contribution in [3.8, 4) is 0 Å². The topological polar surface area (TPSA) is 32.9 Å². The maximum atomic E-state index is 11.4. The monoisotopic (exact) mass is 285 g/mol. The Balaban J connectivity index is 2.93. The van der Waals surface area contributed by atoms with E-state index in [1.165, 1.54) is 0 Å². The quantitative estimate of drug-likeness (QED) is 0.787. The normalized spacial score (nSPS) is 10.9. The fraction of sp³-hybridized carbons (Fsp3) is 0.182. The van der Waals surface area contributed by atoms with Crippen LogP contribution in [0.15, 0.2) is 16.6 Å². The molecule has 0 amide bonds. The van der Waals surface area contributed by atoms with E-state index >= 15 is 0 Å². The first-order valence-corrected chi connectivity index (χ1v) is 5.66. The van der Waals surface area contributed by atoms with Crippen LogP contribution in [0.4, 0.5) is 0 Å². The summed E-state index contributed by atoms with van der Waals surface area (Å²) in [5.74, 6) is 0.0201. The van der Waals surface area contributed by atoms with Crippen LogP contribution in [-0.2, 0) is 0 Å². The number of rotatable bonds is 1. The minimum absolute atomic E-state index is 0.0201. The minimum Gasteiger partial charge on any atom is -0.351 e. The maximum Gasteiger partial charge on any atom is 0.176 e. The first-order valence-electron chi connectivity index (χ1n) is 4.49. The highest BCUT2D eigenvalue weighted by molar-refractivity contribution is 9.10. The zero-order valence-electron chi connectivity index (χ0n) is 8.32. The lowest BCUT2D eigenvalue weighted by molar-refractivity contribution is 0.101. The van der Waals surface area contributed by atoms with Crippen molar-refractivity contribution >= 4 is 44.2 Å². The number of nitrogens with one attached hydrogen (secondary N) is 1. The van der Waals surface area contributed by atoms with Crippen molar-refractivity contribution < 1.29 is 4.79 Å². The Morgan fingerprint density at radius 3 is 2.67 bits per heavy atom. The first kappa shape index (κ1) is 10.7. The lowest BCUT2D eigenvalue weighted by Crippen LogP contribution is -1.93. The van der Waals surface area contributed by atoms with Crippen molar-refractivity contribution in [1.29, 1.82) is 0 Å². The second-order valence-electron chi connectivity index (χ2n) is 3.46. The summed E-state index contributed by atoms with van der Waals surface area (Å²) in [4.78, 5) is 14.5. The number of aromatic amines is 1. The zero-order chi connectivity index (χ0) is 11.2. The average Bonchev–Trinajstić information content (AvgIpc) is 2.51. The summed E-state index contributed by atoms with van der Waals surface area (Å²) in [7, 11) is 0. The molecule has 1 aromatic carbocycles. The van der Waals surface area contributed by atoms with E-state index in [2.05, 4.69) is 20.9 Å². The van der Waals surface area contributed by atoms with E-state index in [4.69, 9.17) is 11.6 Å². The highest BCUT2D eigenvalue weighted by Gasteiger charge is 2.15. The van der Waals surface area contributed by atoms with E-state index in [0.29, 0.717) is 10.7 Å². The fourth-order valence-corrected chi connectivity index (χ4v) is 2.47. The van der Waals surface area contributed by atoms with Gasteiger partial charge in [-0.3, -0.25) is 4.79 Å². The highest BCUT2D eigenvalue weighted by atomic mass is 79.9. The van der Waals surface area contributed by atoms with Crippen molar-refractivity contribution in [3.05, 3.63) is 32.9 Å². The molecule has 1 aromatic heterocycles. The summed E-state index contributed by atoms with van der Waals surface area (Å²) in [6, 6.07) is 3.68. The van der Waals surface area contributed by atoms with Crippen molar-refractivity contribution in [2.24, 2.45) is 0 Å². The predicted octanol–water partition coefficient (Wildman–Crippen LogP) is 4.09. The standard InChI is InChI=1S/C11H9BrClNO/c1-5-9-8(13)4-3-7(12)11(9)14-10(5)6(2)15/h3-4,14H,1-2H3. The Hall–Kier alpha value is -0.800. The summed E-state index contributed by atoms with van der Waals surface area (Å²) in [6.45, 7) is 3.44. The second kappa shape index (κ2) is 3.65. The van der Waals surface area contributed by atoms with E-state index in [-0.39, 0.29) is 5.78 Å². The molecule has 0 radical (unpaired) electrons. The number of carbonyl (C=O) groups is 1. The number of fused-ring (bicyclic) bond motifs is 1. The molecule has 0 unspecified atom stereocenters. The summed E-state index contributed by atoms with van der Waals surface area (Å²) in [6.07, 6.45) is 0. The van der Waals surface area contributed by atoms with E-state index in [9.17, 15) is 4.79 Å². The number of carbonyl (C=O) groups excluding carboxylic acids is 1. The molecule has 0 saturated heterocycles. The molecule has 1 N–H and O–H groups in total. The molecule has 2 nitrogen and oxygen atoms in total. The Kier molecular flexibility index (Phi) is 2.61. The minimum atomic E-state index is 0.0201. The Bertz CT molecular complexity index is 559.